The Morgan fingerprint density at radius 3 is 2.40 bits per heavy atom. The van der Waals surface area contributed by atoms with Crippen LogP contribution in [0.15, 0.2) is 29.2 Å². The largest absolute Gasteiger partial charge is 0.494 e. The molecule has 1 saturated heterocycles. The number of likely N-dealkylation sites (N-methyl/N-ethyl adjacent to an activating group) is 1. The summed E-state index contributed by atoms with van der Waals surface area (Å²) in [7, 11) is -1.32. The van der Waals surface area contributed by atoms with Crippen LogP contribution in [0.25, 0.3) is 0 Å². The number of nitrogens with zero attached hydrogens (tertiary/aromatic N) is 2. The molecule has 1 heterocycles. The highest BCUT2D eigenvalue weighted by molar-refractivity contribution is 7.89. The van der Waals surface area contributed by atoms with Gasteiger partial charge in [-0.15, -0.1) is 0 Å². The van der Waals surface area contributed by atoms with Crippen molar-refractivity contribution in [2.24, 2.45) is 0 Å². The standard InChI is InChI=1S/C18H31N3O3S/c1-3-4-16-24-17-6-8-18(9-7-17)25(22,23)19-10-5-11-21-14-12-20(2)13-15-21/h6-9,19H,3-5,10-16H2,1-2H3. The molecule has 1 N–H and O–H groups in total. The molecule has 0 amide bonds. The van der Waals surface area contributed by atoms with E-state index >= 15 is 0 Å². The van der Waals surface area contributed by atoms with Gasteiger partial charge in [-0.2, -0.15) is 0 Å². The van der Waals surface area contributed by atoms with Crippen LogP contribution in [0.2, 0.25) is 0 Å². The molecule has 0 aliphatic carbocycles. The van der Waals surface area contributed by atoms with E-state index in [-0.39, 0.29) is 4.90 Å². The van der Waals surface area contributed by atoms with Crippen LogP contribution in [0.4, 0.5) is 0 Å². The first-order valence-electron chi connectivity index (χ1n) is 9.14. The number of hydrogen-bond acceptors (Lipinski definition) is 5. The zero-order valence-electron chi connectivity index (χ0n) is 15.4. The number of hydrogen-bond donors (Lipinski definition) is 1. The minimum absolute atomic E-state index is 0.287. The second kappa shape index (κ2) is 10.1. The summed E-state index contributed by atoms with van der Waals surface area (Å²) in [5.41, 5.74) is 0. The molecule has 0 spiro atoms. The average molecular weight is 370 g/mol. The maximum atomic E-state index is 12.3. The monoisotopic (exact) mass is 369 g/mol. The molecule has 6 nitrogen and oxygen atoms in total. The Labute approximate surface area is 152 Å². The molecule has 0 aromatic heterocycles. The summed E-state index contributed by atoms with van der Waals surface area (Å²) in [4.78, 5) is 4.99. The lowest BCUT2D eigenvalue weighted by atomic mass is 10.3. The van der Waals surface area contributed by atoms with Gasteiger partial charge in [0.15, 0.2) is 0 Å². The third kappa shape index (κ3) is 6.93. The summed E-state index contributed by atoms with van der Waals surface area (Å²) < 4.78 is 32.9. The predicted octanol–water partition coefficient (Wildman–Crippen LogP) is 1.78. The highest BCUT2D eigenvalue weighted by Crippen LogP contribution is 2.16. The number of benzene rings is 1. The summed E-state index contributed by atoms with van der Waals surface area (Å²) in [5.74, 6) is 0.711. The number of piperazine rings is 1. The van der Waals surface area contributed by atoms with Crippen LogP contribution in [0, 0.1) is 0 Å². The van der Waals surface area contributed by atoms with Crippen molar-refractivity contribution >= 4 is 10.0 Å². The summed E-state index contributed by atoms with van der Waals surface area (Å²) in [6, 6.07) is 6.64. The Hall–Kier alpha value is -1.15. The minimum Gasteiger partial charge on any atom is -0.494 e. The van der Waals surface area contributed by atoms with E-state index in [2.05, 4.69) is 28.5 Å². The van der Waals surface area contributed by atoms with Crippen molar-refractivity contribution in [3.63, 3.8) is 0 Å². The van der Waals surface area contributed by atoms with Crippen LogP contribution >= 0.6 is 0 Å². The van der Waals surface area contributed by atoms with Crippen molar-refractivity contribution in [3.8, 4) is 5.75 Å². The van der Waals surface area contributed by atoms with E-state index in [1.165, 1.54) is 0 Å². The smallest absolute Gasteiger partial charge is 0.240 e. The van der Waals surface area contributed by atoms with Gasteiger partial charge in [0.2, 0.25) is 10.0 Å². The molecule has 1 aliphatic heterocycles. The maximum absolute atomic E-state index is 12.3. The molecular weight excluding hydrogens is 338 g/mol. The van der Waals surface area contributed by atoms with E-state index in [4.69, 9.17) is 4.74 Å². The quantitative estimate of drug-likeness (QED) is 0.637. The van der Waals surface area contributed by atoms with Crippen LogP contribution in [-0.4, -0.2) is 71.1 Å². The first-order chi connectivity index (χ1) is 12.0. The van der Waals surface area contributed by atoms with Crippen LogP contribution in [0.3, 0.4) is 0 Å². The van der Waals surface area contributed by atoms with Crippen molar-refractivity contribution in [1.29, 1.82) is 0 Å². The van der Waals surface area contributed by atoms with E-state index in [0.717, 1.165) is 52.0 Å². The fourth-order valence-corrected chi connectivity index (χ4v) is 3.79. The molecule has 1 aliphatic rings. The SMILES string of the molecule is CCCCOc1ccc(S(=O)(=O)NCCCN2CCN(C)CC2)cc1. The predicted molar refractivity (Wildman–Crippen MR) is 101 cm³/mol. The van der Waals surface area contributed by atoms with E-state index in [9.17, 15) is 8.42 Å². The fourth-order valence-electron chi connectivity index (χ4n) is 2.71. The summed E-state index contributed by atoms with van der Waals surface area (Å²) in [5, 5.41) is 0. The van der Waals surface area contributed by atoms with Gasteiger partial charge in [-0.1, -0.05) is 13.3 Å². The van der Waals surface area contributed by atoms with Gasteiger partial charge in [-0.3, -0.25) is 0 Å². The third-order valence-electron chi connectivity index (χ3n) is 4.44. The van der Waals surface area contributed by atoms with Crippen molar-refractivity contribution in [2.45, 2.75) is 31.1 Å². The molecule has 2 rings (SSSR count). The van der Waals surface area contributed by atoms with Crippen LogP contribution in [0.1, 0.15) is 26.2 Å². The normalized spacial score (nSPS) is 16.9. The van der Waals surface area contributed by atoms with Gasteiger partial charge in [0.25, 0.3) is 0 Å². The Bertz CT molecular complexity index is 596. The number of ether oxygens (including phenoxy) is 1. The lowest BCUT2D eigenvalue weighted by molar-refractivity contribution is 0.153. The molecule has 25 heavy (non-hydrogen) atoms. The zero-order chi connectivity index (χ0) is 18.1. The lowest BCUT2D eigenvalue weighted by Crippen LogP contribution is -2.45. The van der Waals surface area contributed by atoms with Gasteiger partial charge < -0.3 is 14.5 Å². The highest BCUT2D eigenvalue weighted by atomic mass is 32.2. The Kier molecular flexibility index (Phi) is 8.15. The van der Waals surface area contributed by atoms with E-state index in [1.54, 1.807) is 24.3 Å². The average Bonchev–Trinajstić information content (AvgIpc) is 2.61. The van der Waals surface area contributed by atoms with Gasteiger partial charge in [0.1, 0.15) is 5.75 Å². The number of nitrogens with one attached hydrogen (secondary N) is 1. The molecule has 0 radical (unpaired) electrons. The molecule has 1 aromatic carbocycles. The van der Waals surface area contributed by atoms with E-state index in [0.29, 0.717) is 18.9 Å². The molecule has 0 atom stereocenters. The molecule has 142 valence electrons. The van der Waals surface area contributed by atoms with Gasteiger partial charge in [-0.25, -0.2) is 13.1 Å². The highest BCUT2D eigenvalue weighted by Gasteiger charge is 2.15. The van der Waals surface area contributed by atoms with Gasteiger partial charge in [-0.05, 0) is 50.7 Å². The van der Waals surface area contributed by atoms with E-state index in [1.807, 2.05) is 0 Å². The Morgan fingerprint density at radius 1 is 1.08 bits per heavy atom. The second-order valence-corrected chi connectivity index (χ2v) is 8.34. The van der Waals surface area contributed by atoms with Crippen LogP contribution < -0.4 is 9.46 Å². The van der Waals surface area contributed by atoms with Crippen molar-refractivity contribution in [3.05, 3.63) is 24.3 Å². The minimum atomic E-state index is -3.45. The number of sulfonamides is 1. The summed E-state index contributed by atoms with van der Waals surface area (Å²) >= 11 is 0. The van der Waals surface area contributed by atoms with Crippen molar-refractivity contribution in [2.75, 3.05) is 52.9 Å². The maximum Gasteiger partial charge on any atom is 0.240 e. The third-order valence-corrected chi connectivity index (χ3v) is 5.92. The number of unbranched alkanes of at least 4 members (excludes halogenated alkanes) is 1. The molecular formula is C18H31N3O3S. The first kappa shape index (κ1) is 20.2. The van der Waals surface area contributed by atoms with Gasteiger partial charge in [0, 0.05) is 32.7 Å². The molecule has 7 heteroatoms. The first-order valence-corrected chi connectivity index (χ1v) is 10.6. The zero-order valence-corrected chi connectivity index (χ0v) is 16.2. The second-order valence-electron chi connectivity index (χ2n) is 6.57. The van der Waals surface area contributed by atoms with E-state index < -0.39 is 10.0 Å². The van der Waals surface area contributed by atoms with Crippen LogP contribution in [0.5, 0.6) is 5.75 Å². The van der Waals surface area contributed by atoms with Gasteiger partial charge >= 0.3 is 0 Å². The van der Waals surface area contributed by atoms with Crippen molar-refractivity contribution < 1.29 is 13.2 Å². The fraction of sp³-hybridized carbons (Fsp3) is 0.667. The van der Waals surface area contributed by atoms with Crippen LogP contribution in [-0.2, 0) is 10.0 Å². The van der Waals surface area contributed by atoms with Crippen molar-refractivity contribution in [1.82, 2.24) is 14.5 Å². The summed E-state index contributed by atoms with van der Waals surface area (Å²) in [6.45, 7) is 8.44. The molecule has 0 bridgehead atoms. The Morgan fingerprint density at radius 2 is 1.76 bits per heavy atom. The molecule has 1 aromatic rings. The number of rotatable bonds is 10. The topological polar surface area (TPSA) is 61.9 Å². The molecule has 0 unspecified atom stereocenters. The van der Waals surface area contributed by atoms with Gasteiger partial charge in [0.05, 0.1) is 11.5 Å². The molecule has 1 fully saturated rings. The molecule has 0 saturated carbocycles. The summed E-state index contributed by atoms with van der Waals surface area (Å²) in [6.07, 6.45) is 2.89. The Balaban J connectivity index is 1.73. The lowest BCUT2D eigenvalue weighted by Gasteiger charge is -2.32.